The van der Waals surface area contributed by atoms with Crippen LogP contribution >= 0.6 is 24.8 Å². The predicted octanol–water partition coefficient (Wildman–Crippen LogP) is 1.32. The zero-order valence-electron chi connectivity index (χ0n) is 7.21. The maximum atomic E-state index is 5.76. The van der Waals surface area contributed by atoms with Crippen molar-refractivity contribution in [3.05, 3.63) is 0 Å². The molecule has 0 bridgehead atoms. The van der Waals surface area contributed by atoms with Crippen molar-refractivity contribution in [3.63, 3.8) is 0 Å². The fourth-order valence-corrected chi connectivity index (χ4v) is 2.42. The maximum absolute atomic E-state index is 5.76. The van der Waals surface area contributed by atoms with Crippen LogP contribution < -0.4 is 11.1 Å². The van der Waals surface area contributed by atoms with Gasteiger partial charge < -0.3 is 11.1 Å². The molecule has 1 spiro atoms. The minimum atomic E-state index is 0. The van der Waals surface area contributed by atoms with Gasteiger partial charge in [0, 0.05) is 6.04 Å². The largest absolute Gasteiger partial charge is 0.328 e. The second kappa shape index (κ2) is 4.66. The van der Waals surface area contributed by atoms with Gasteiger partial charge in [0.15, 0.2) is 0 Å². The molecule has 1 saturated carbocycles. The van der Waals surface area contributed by atoms with Crippen LogP contribution in [-0.2, 0) is 0 Å². The lowest BCUT2D eigenvalue weighted by Gasteiger charge is -2.49. The van der Waals surface area contributed by atoms with Gasteiger partial charge in [0.05, 0.1) is 0 Å². The number of rotatable bonds is 0. The summed E-state index contributed by atoms with van der Waals surface area (Å²) in [6.45, 7) is 2.43. The monoisotopic (exact) mass is 212 g/mol. The topological polar surface area (TPSA) is 38.0 Å². The highest BCUT2D eigenvalue weighted by Gasteiger charge is 2.42. The van der Waals surface area contributed by atoms with Crippen molar-refractivity contribution >= 4 is 24.8 Å². The molecule has 2 rings (SSSR count). The van der Waals surface area contributed by atoms with Gasteiger partial charge in [0.2, 0.25) is 0 Å². The van der Waals surface area contributed by atoms with Crippen LogP contribution in [0.25, 0.3) is 0 Å². The summed E-state index contributed by atoms with van der Waals surface area (Å²) in [6.07, 6.45) is 5.30. The van der Waals surface area contributed by atoms with E-state index in [1.54, 1.807) is 0 Å². The Morgan fingerprint density at radius 1 is 1.08 bits per heavy atom. The Balaban J connectivity index is 0.000000605. The van der Waals surface area contributed by atoms with Crippen molar-refractivity contribution in [3.8, 4) is 0 Å². The zero-order chi connectivity index (χ0) is 7.03. The average Bonchev–Trinajstić information content (AvgIpc) is 1.87. The lowest BCUT2D eigenvalue weighted by molar-refractivity contribution is 0.0635. The standard InChI is InChI=1S/C8H16N2.2ClH/c9-7-5-8(6-7)1-3-10-4-2-8;;/h7,10H,1-6,9H2;2*1H. The van der Waals surface area contributed by atoms with E-state index in [1.807, 2.05) is 0 Å². The van der Waals surface area contributed by atoms with Gasteiger partial charge in [-0.25, -0.2) is 0 Å². The zero-order valence-corrected chi connectivity index (χ0v) is 8.85. The summed E-state index contributed by atoms with van der Waals surface area (Å²) in [5.41, 5.74) is 6.45. The van der Waals surface area contributed by atoms with Crippen molar-refractivity contribution in [2.24, 2.45) is 11.1 Å². The van der Waals surface area contributed by atoms with E-state index in [0.717, 1.165) is 0 Å². The number of hydrogen-bond donors (Lipinski definition) is 2. The van der Waals surface area contributed by atoms with Gasteiger partial charge in [-0.1, -0.05) is 0 Å². The van der Waals surface area contributed by atoms with E-state index >= 15 is 0 Å². The molecule has 1 aliphatic heterocycles. The van der Waals surface area contributed by atoms with Crippen molar-refractivity contribution < 1.29 is 0 Å². The second-order valence-electron chi connectivity index (χ2n) is 3.92. The quantitative estimate of drug-likeness (QED) is 0.636. The summed E-state index contributed by atoms with van der Waals surface area (Å²) in [5, 5.41) is 3.38. The Morgan fingerprint density at radius 2 is 1.58 bits per heavy atom. The molecule has 0 aromatic rings. The van der Waals surface area contributed by atoms with Crippen LogP contribution in [0.2, 0.25) is 0 Å². The molecule has 2 fully saturated rings. The Kier molecular flexibility index (Phi) is 4.85. The van der Waals surface area contributed by atoms with Crippen molar-refractivity contribution in [1.82, 2.24) is 5.32 Å². The molecule has 12 heavy (non-hydrogen) atoms. The van der Waals surface area contributed by atoms with Gasteiger partial charge in [-0.05, 0) is 44.2 Å². The fourth-order valence-electron chi connectivity index (χ4n) is 2.42. The van der Waals surface area contributed by atoms with Crippen LogP contribution in [0.3, 0.4) is 0 Å². The Hall–Kier alpha value is 0.500. The first kappa shape index (κ1) is 12.5. The van der Waals surface area contributed by atoms with E-state index in [-0.39, 0.29) is 24.8 Å². The normalized spacial score (nSPS) is 26.8. The molecule has 0 radical (unpaired) electrons. The highest BCUT2D eigenvalue weighted by molar-refractivity contribution is 5.85. The Morgan fingerprint density at radius 3 is 2.00 bits per heavy atom. The molecule has 0 aromatic carbocycles. The van der Waals surface area contributed by atoms with Crippen LogP contribution in [-0.4, -0.2) is 19.1 Å². The summed E-state index contributed by atoms with van der Waals surface area (Å²) in [5.74, 6) is 0. The Bertz CT molecular complexity index is 120. The number of halogens is 2. The highest BCUT2D eigenvalue weighted by Crippen LogP contribution is 2.46. The summed E-state index contributed by atoms with van der Waals surface area (Å²) in [7, 11) is 0. The van der Waals surface area contributed by atoms with Crippen molar-refractivity contribution in [2.75, 3.05) is 13.1 Å². The van der Waals surface area contributed by atoms with Gasteiger partial charge in [-0.15, -0.1) is 24.8 Å². The maximum Gasteiger partial charge on any atom is 0.00494 e. The predicted molar refractivity (Wildman–Crippen MR) is 56.2 cm³/mol. The minimum absolute atomic E-state index is 0. The van der Waals surface area contributed by atoms with Gasteiger partial charge in [0.1, 0.15) is 0 Å². The summed E-state index contributed by atoms with van der Waals surface area (Å²) >= 11 is 0. The fraction of sp³-hybridized carbons (Fsp3) is 1.00. The first-order valence-electron chi connectivity index (χ1n) is 4.27. The van der Waals surface area contributed by atoms with Crippen LogP contribution in [0, 0.1) is 5.41 Å². The molecule has 1 heterocycles. The molecule has 0 amide bonds. The molecular formula is C8H18Cl2N2. The lowest BCUT2D eigenvalue weighted by Crippen LogP contribution is -2.51. The average molecular weight is 213 g/mol. The smallest absolute Gasteiger partial charge is 0.00494 e. The van der Waals surface area contributed by atoms with E-state index < -0.39 is 0 Å². The van der Waals surface area contributed by atoms with Crippen LogP contribution in [0.4, 0.5) is 0 Å². The first-order chi connectivity index (χ1) is 4.81. The molecule has 0 atom stereocenters. The number of hydrogen-bond acceptors (Lipinski definition) is 2. The van der Waals surface area contributed by atoms with Crippen LogP contribution in [0.5, 0.6) is 0 Å². The first-order valence-corrected chi connectivity index (χ1v) is 4.27. The van der Waals surface area contributed by atoms with Crippen LogP contribution in [0.15, 0.2) is 0 Å². The molecule has 2 nitrogen and oxygen atoms in total. The van der Waals surface area contributed by atoms with E-state index in [1.165, 1.54) is 38.8 Å². The molecule has 1 saturated heterocycles. The van der Waals surface area contributed by atoms with Gasteiger partial charge in [0.25, 0.3) is 0 Å². The third-order valence-corrected chi connectivity index (χ3v) is 3.05. The summed E-state index contributed by atoms with van der Waals surface area (Å²) < 4.78 is 0. The SMILES string of the molecule is Cl.Cl.NC1CC2(CCNCC2)C1. The summed E-state index contributed by atoms with van der Waals surface area (Å²) in [6, 6.07) is 0.526. The molecule has 74 valence electrons. The lowest BCUT2D eigenvalue weighted by atomic mass is 9.61. The van der Waals surface area contributed by atoms with E-state index in [0.29, 0.717) is 11.5 Å². The minimum Gasteiger partial charge on any atom is -0.328 e. The van der Waals surface area contributed by atoms with E-state index in [4.69, 9.17) is 5.73 Å². The van der Waals surface area contributed by atoms with Crippen molar-refractivity contribution in [1.29, 1.82) is 0 Å². The van der Waals surface area contributed by atoms with Gasteiger partial charge >= 0.3 is 0 Å². The molecular weight excluding hydrogens is 195 g/mol. The molecule has 1 aliphatic carbocycles. The summed E-state index contributed by atoms with van der Waals surface area (Å²) in [4.78, 5) is 0. The number of nitrogens with one attached hydrogen (secondary N) is 1. The molecule has 4 heteroatoms. The van der Waals surface area contributed by atoms with Crippen molar-refractivity contribution in [2.45, 2.75) is 31.7 Å². The number of piperidine rings is 1. The number of nitrogens with two attached hydrogens (primary N) is 1. The van der Waals surface area contributed by atoms with E-state index in [9.17, 15) is 0 Å². The Labute approximate surface area is 86.5 Å². The van der Waals surface area contributed by atoms with Crippen LogP contribution in [0.1, 0.15) is 25.7 Å². The molecule has 2 aliphatic rings. The second-order valence-corrected chi connectivity index (χ2v) is 3.92. The van der Waals surface area contributed by atoms with Gasteiger partial charge in [-0.3, -0.25) is 0 Å². The third kappa shape index (κ3) is 2.25. The molecule has 3 N–H and O–H groups in total. The van der Waals surface area contributed by atoms with E-state index in [2.05, 4.69) is 5.32 Å². The highest BCUT2D eigenvalue weighted by atomic mass is 35.5. The molecule has 0 unspecified atom stereocenters. The van der Waals surface area contributed by atoms with Gasteiger partial charge in [-0.2, -0.15) is 0 Å². The molecule has 0 aromatic heterocycles. The third-order valence-electron chi connectivity index (χ3n) is 3.05.